The number of carbonyl (C=O) groups is 3. The van der Waals surface area contributed by atoms with Crippen LogP contribution in [-0.4, -0.2) is 59.1 Å². The summed E-state index contributed by atoms with van der Waals surface area (Å²) in [5.74, 6) is -2.16. The minimum Gasteiger partial charge on any atom is -0.479 e. The number of carboxylic acids is 1. The van der Waals surface area contributed by atoms with Gasteiger partial charge in [0.15, 0.2) is 6.10 Å². The molecule has 8 heteroatoms. The number of amides is 1. The lowest BCUT2D eigenvalue weighted by Crippen LogP contribution is -2.49. The Morgan fingerprint density at radius 3 is 2.55 bits per heavy atom. The molecule has 1 fully saturated rings. The number of benzene rings is 1. The quantitative estimate of drug-likeness (QED) is 0.370. The normalized spacial score (nSPS) is 18.3. The summed E-state index contributed by atoms with van der Waals surface area (Å²) in [5.41, 5.74) is 12.4. The number of carboxylic acid groups (broad SMARTS) is 1. The number of nitrogens with zero attached hydrogens (tertiary/aromatic N) is 1. The van der Waals surface area contributed by atoms with Crippen LogP contribution in [0.3, 0.4) is 0 Å². The zero-order valence-corrected chi connectivity index (χ0v) is 16.7. The number of unbranched alkanes of at least 4 members (excludes halogenated alkanes) is 1. The smallest absolute Gasteiger partial charge is 0.345 e. The van der Waals surface area contributed by atoms with Crippen LogP contribution < -0.4 is 11.5 Å². The first-order valence-electron chi connectivity index (χ1n) is 10.2. The van der Waals surface area contributed by atoms with Crippen molar-refractivity contribution in [2.24, 2.45) is 11.5 Å². The molecule has 0 spiro atoms. The number of esters is 1. The number of nitrogens with two attached hydrogens (primary N) is 2. The number of aryl methyl sites for hydroxylation is 1. The van der Waals surface area contributed by atoms with Crippen molar-refractivity contribution >= 4 is 17.8 Å². The zero-order valence-electron chi connectivity index (χ0n) is 16.7. The van der Waals surface area contributed by atoms with Gasteiger partial charge in [-0.15, -0.1) is 0 Å². The third-order valence-corrected chi connectivity index (χ3v) is 5.17. The van der Waals surface area contributed by atoms with Crippen molar-refractivity contribution in [1.82, 2.24) is 4.90 Å². The molecule has 1 aromatic carbocycles. The second-order valence-electron chi connectivity index (χ2n) is 7.37. The highest BCUT2D eigenvalue weighted by molar-refractivity contribution is 5.89. The van der Waals surface area contributed by atoms with E-state index in [4.69, 9.17) is 16.2 Å². The monoisotopic (exact) mass is 405 g/mol. The predicted octanol–water partition coefficient (Wildman–Crippen LogP) is 1.06. The highest BCUT2D eigenvalue weighted by atomic mass is 16.6. The van der Waals surface area contributed by atoms with Crippen molar-refractivity contribution in [2.75, 3.05) is 13.1 Å². The Morgan fingerprint density at radius 2 is 1.90 bits per heavy atom. The largest absolute Gasteiger partial charge is 0.479 e. The van der Waals surface area contributed by atoms with Gasteiger partial charge >= 0.3 is 11.9 Å². The Morgan fingerprint density at radius 1 is 1.17 bits per heavy atom. The van der Waals surface area contributed by atoms with Crippen molar-refractivity contribution in [3.05, 3.63) is 35.9 Å². The van der Waals surface area contributed by atoms with Gasteiger partial charge in [-0.1, -0.05) is 36.8 Å². The number of ether oxygens (including phenoxy) is 1. The first kappa shape index (κ1) is 22.8. The number of aliphatic carboxylic acids is 1. The van der Waals surface area contributed by atoms with Crippen molar-refractivity contribution in [1.29, 1.82) is 0 Å². The van der Waals surface area contributed by atoms with Crippen LogP contribution in [0.5, 0.6) is 0 Å². The van der Waals surface area contributed by atoms with Crippen LogP contribution in [0.15, 0.2) is 30.3 Å². The Kier molecular flexibility index (Phi) is 9.08. The van der Waals surface area contributed by atoms with Gasteiger partial charge in [0.1, 0.15) is 6.04 Å². The summed E-state index contributed by atoms with van der Waals surface area (Å²) in [5, 5.41) is 9.44. The summed E-state index contributed by atoms with van der Waals surface area (Å²) in [4.78, 5) is 38.3. The second kappa shape index (κ2) is 11.5. The van der Waals surface area contributed by atoms with E-state index in [1.165, 1.54) is 4.90 Å². The summed E-state index contributed by atoms with van der Waals surface area (Å²) in [6.45, 7) is 0.962. The SMILES string of the molecule is NCCCC[C@H](N)C(=O)N1CCC[C@H]1C(=O)OC(CCc1ccccc1)C(=O)O. The maximum absolute atomic E-state index is 12.6. The molecule has 1 unspecified atom stereocenters. The van der Waals surface area contributed by atoms with Gasteiger partial charge in [-0.05, 0) is 50.6 Å². The average Bonchev–Trinajstić information content (AvgIpc) is 3.21. The molecule has 1 saturated heterocycles. The summed E-state index contributed by atoms with van der Waals surface area (Å²) in [7, 11) is 0. The van der Waals surface area contributed by atoms with Gasteiger partial charge in [0.2, 0.25) is 5.91 Å². The van der Waals surface area contributed by atoms with Crippen molar-refractivity contribution < 1.29 is 24.2 Å². The Bertz CT molecular complexity index is 682. The molecule has 2 rings (SSSR count). The Hall–Kier alpha value is -2.45. The molecule has 1 aliphatic heterocycles. The van der Waals surface area contributed by atoms with Crippen LogP contribution in [0.4, 0.5) is 0 Å². The summed E-state index contributed by atoms with van der Waals surface area (Å²) < 4.78 is 5.29. The fraction of sp³-hybridized carbons (Fsp3) is 0.571. The lowest BCUT2D eigenvalue weighted by molar-refractivity contribution is -0.168. The topological polar surface area (TPSA) is 136 Å². The summed E-state index contributed by atoms with van der Waals surface area (Å²) in [6, 6.07) is 7.94. The molecule has 29 heavy (non-hydrogen) atoms. The third-order valence-electron chi connectivity index (χ3n) is 5.17. The van der Waals surface area contributed by atoms with E-state index < -0.39 is 30.1 Å². The molecular formula is C21H31N3O5. The second-order valence-corrected chi connectivity index (χ2v) is 7.37. The van der Waals surface area contributed by atoms with Crippen LogP contribution in [0, 0.1) is 0 Å². The van der Waals surface area contributed by atoms with Gasteiger partial charge in [-0.2, -0.15) is 0 Å². The fourth-order valence-corrected chi connectivity index (χ4v) is 3.51. The lowest BCUT2D eigenvalue weighted by atomic mass is 10.1. The average molecular weight is 405 g/mol. The molecule has 8 nitrogen and oxygen atoms in total. The minimum atomic E-state index is -1.25. The van der Waals surface area contributed by atoms with Gasteiger partial charge < -0.3 is 26.2 Å². The maximum Gasteiger partial charge on any atom is 0.345 e. The number of hydrogen-bond donors (Lipinski definition) is 3. The highest BCUT2D eigenvalue weighted by Gasteiger charge is 2.38. The molecule has 3 atom stereocenters. The van der Waals surface area contributed by atoms with Crippen molar-refractivity contribution in [3.63, 3.8) is 0 Å². The van der Waals surface area contributed by atoms with E-state index in [1.54, 1.807) is 0 Å². The van der Waals surface area contributed by atoms with Crippen LogP contribution >= 0.6 is 0 Å². The molecule has 1 aliphatic rings. The van der Waals surface area contributed by atoms with E-state index in [0.29, 0.717) is 38.8 Å². The Balaban J connectivity index is 1.93. The van der Waals surface area contributed by atoms with Crippen LogP contribution in [0.1, 0.15) is 44.1 Å². The van der Waals surface area contributed by atoms with Gasteiger partial charge in [0, 0.05) is 6.54 Å². The van der Waals surface area contributed by atoms with Gasteiger partial charge in [-0.3, -0.25) is 4.79 Å². The molecule has 0 radical (unpaired) electrons. The molecule has 1 heterocycles. The third kappa shape index (κ3) is 6.83. The molecule has 0 aliphatic carbocycles. The molecule has 0 saturated carbocycles. The number of likely N-dealkylation sites (tertiary alicyclic amines) is 1. The summed E-state index contributed by atoms with van der Waals surface area (Å²) >= 11 is 0. The first-order chi connectivity index (χ1) is 13.9. The van der Waals surface area contributed by atoms with Crippen molar-refractivity contribution in [2.45, 2.75) is 63.1 Å². The van der Waals surface area contributed by atoms with Crippen LogP contribution in [0.25, 0.3) is 0 Å². The van der Waals surface area contributed by atoms with Crippen LogP contribution in [-0.2, 0) is 25.5 Å². The van der Waals surface area contributed by atoms with Crippen molar-refractivity contribution in [3.8, 4) is 0 Å². The van der Waals surface area contributed by atoms with Gasteiger partial charge in [0.25, 0.3) is 0 Å². The lowest BCUT2D eigenvalue weighted by Gasteiger charge is -2.27. The fourth-order valence-electron chi connectivity index (χ4n) is 3.51. The van der Waals surface area contributed by atoms with E-state index in [1.807, 2.05) is 30.3 Å². The number of hydrogen-bond acceptors (Lipinski definition) is 6. The van der Waals surface area contributed by atoms with E-state index in [0.717, 1.165) is 18.4 Å². The standard InChI is InChI=1S/C21H31N3O5/c22-13-5-4-9-16(23)19(25)24-14-6-10-17(24)21(28)29-18(20(26)27)12-11-15-7-2-1-3-8-15/h1-3,7-8,16-18H,4-6,9-14,22-23H2,(H,26,27)/t16-,17-,18?/m0/s1. The van der Waals surface area contributed by atoms with E-state index >= 15 is 0 Å². The summed E-state index contributed by atoms with van der Waals surface area (Å²) in [6.07, 6.45) is 2.53. The first-order valence-corrected chi connectivity index (χ1v) is 10.2. The number of carbonyl (C=O) groups excluding carboxylic acids is 2. The Labute approximate surface area is 171 Å². The van der Waals surface area contributed by atoms with E-state index in [-0.39, 0.29) is 12.3 Å². The molecule has 5 N–H and O–H groups in total. The molecule has 0 aromatic heterocycles. The van der Waals surface area contributed by atoms with Gasteiger partial charge in [0.05, 0.1) is 6.04 Å². The molecular weight excluding hydrogens is 374 g/mol. The molecule has 160 valence electrons. The van der Waals surface area contributed by atoms with Gasteiger partial charge in [-0.25, -0.2) is 9.59 Å². The molecule has 1 aromatic rings. The number of rotatable bonds is 11. The molecule has 0 bridgehead atoms. The minimum absolute atomic E-state index is 0.171. The zero-order chi connectivity index (χ0) is 21.2. The van der Waals surface area contributed by atoms with Crippen LogP contribution in [0.2, 0.25) is 0 Å². The highest BCUT2D eigenvalue weighted by Crippen LogP contribution is 2.21. The van der Waals surface area contributed by atoms with E-state index in [2.05, 4.69) is 0 Å². The predicted molar refractivity (Wildman–Crippen MR) is 108 cm³/mol. The molecule has 1 amide bonds. The maximum atomic E-state index is 12.6. The van der Waals surface area contributed by atoms with E-state index in [9.17, 15) is 19.5 Å².